The maximum Gasteiger partial charge on any atom is 0.321 e. The molecule has 0 unspecified atom stereocenters. The van der Waals surface area contributed by atoms with E-state index in [-0.39, 0.29) is 24.9 Å². The van der Waals surface area contributed by atoms with E-state index in [0.29, 0.717) is 16.3 Å². The molecule has 2 aromatic rings. The molecule has 0 saturated heterocycles. The smallest absolute Gasteiger partial charge is 0.321 e. The van der Waals surface area contributed by atoms with Crippen molar-refractivity contribution in [2.45, 2.75) is 19.8 Å². The number of urea groups is 1. The molecule has 1 aliphatic heterocycles. The average Bonchev–Trinajstić information content (AvgIpc) is 3.13. The maximum atomic E-state index is 12.2. The second kappa shape index (κ2) is 7.39. The van der Waals surface area contributed by atoms with Crippen molar-refractivity contribution in [2.75, 3.05) is 18.4 Å². The van der Waals surface area contributed by atoms with Crippen LogP contribution in [-0.4, -0.2) is 46.0 Å². The Morgan fingerprint density at radius 2 is 1.84 bits per heavy atom. The molecule has 0 fully saturated rings. The summed E-state index contributed by atoms with van der Waals surface area (Å²) >= 11 is 1.32. The molecule has 1 aromatic heterocycles. The van der Waals surface area contributed by atoms with E-state index in [4.69, 9.17) is 0 Å². The number of benzene rings is 1. The van der Waals surface area contributed by atoms with Gasteiger partial charge in [-0.25, -0.2) is 4.79 Å². The van der Waals surface area contributed by atoms with E-state index in [9.17, 15) is 14.4 Å². The summed E-state index contributed by atoms with van der Waals surface area (Å²) in [5, 5.41) is 14.3. The molecular weight excluding hydrogens is 342 g/mol. The number of amides is 4. The highest BCUT2D eigenvalue weighted by atomic mass is 32.1. The quantitative estimate of drug-likeness (QED) is 0.767. The van der Waals surface area contributed by atoms with Crippen molar-refractivity contribution in [3.05, 3.63) is 40.4 Å². The monoisotopic (exact) mass is 359 g/mol. The van der Waals surface area contributed by atoms with Crippen LogP contribution in [0.2, 0.25) is 0 Å². The predicted molar refractivity (Wildman–Crippen MR) is 92.7 cm³/mol. The molecule has 1 aliphatic rings. The number of carbonyl (C=O) groups excluding carboxylic acids is 3. The molecule has 8 nitrogen and oxygen atoms in total. The highest BCUT2D eigenvalue weighted by Gasteiger charge is 2.34. The molecule has 0 atom stereocenters. The summed E-state index contributed by atoms with van der Waals surface area (Å²) in [6.45, 7) is 2.30. The zero-order valence-electron chi connectivity index (χ0n) is 13.6. The summed E-state index contributed by atoms with van der Waals surface area (Å²) in [6, 6.07) is 6.23. The summed E-state index contributed by atoms with van der Waals surface area (Å²) in [5.41, 5.74) is 0.795. The van der Waals surface area contributed by atoms with Gasteiger partial charge < -0.3 is 5.32 Å². The number of imide groups is 1. The second-order valence-electron chi connectivity index (χ2n) is 5.44. The molecule has 2 heterocycles. The zero-order chi connectivity index (χ0) is 17.8. The molecule has 0 saturated carbocycles. The van der Waals surface area contributed by atoms with Crippen LogP contribution in [0.5, 0.6) is 0 Å². The van der Waals surface area contributed by atoms with E-state index in [0.717, 1.165) is 22.7 Å². The lowest BCUT2D eigenvalue weighted by Crippen LogP contribution is -2.39. The SMILES string of the molecule is CCCc1nnc(NC(=O)NCCN2C(=O)c3ccccc3C2=O)s1. The van der Waals surface area contributed by atoms with Crippen molar-refractivity contribution >= 4 is 34.3 Å². The van der Waals surface area contributed by atoms with Gasteiger partial charge in [-0.05, 0) is 18.6 Å². The Morgan fingerprint density at radius 1 is 1.16 bits per heavy atom. The highest BCUT2D eigenvalue weighted by Crippen LogP contribution is 2.21. The fourth-order valence-electron chi connectivity index (χ4n) is 2.48. The van der Waals surface area contributed by atoms with Crippen LogP contribution in [0.4, 0.5) is 9.93 Å². The molecule has 0 aliphatic carbocycles. The number of fused-ring (bicyclic) bond motifs is 1. The van der Waals surface area contributed by atoms with Crippen molar-refractivity contribution < 1.29 is 14.4 Å². The van der Waals surface area contributed by atoms with Gasteiger partial charge in [0.25, 0.3) is 11.8 Å². The standard InChI is InChI=1S/C16H17N5O3S/c1-2-5-12-19-20-16(25-12)18-15(24)17-8-9-21-13(22)10-6-3-4-7-11(10)14(21)23/h3-4,6-7H,2,5,8-9H2,1H3,(H2,17,18,20,24). The molecule has 9 heteroatoms. The van der Waals surface area contributed by atoms with Crippen molar-refractivity contribution in [3.8, 4) is 0 Å². The summed E-state index contributed by atoms with van der Waals surface area (Å²) in [5.74, 6) is -0.674. The summed E-state index contributed by atoms with van der Waals surface area (Å²) in [6.07, 6.45) is 1.78. The van der Waals surface area contributed by atoms with Crippen LogP contribution >= 0.6 is 11.3 Å². The van der Waals surface area contributed by atoms with Crippen LogP contribution in [0.25, 0.3) is 0 Å². The van der Waals surface area contributed by atoms with E-state index in [2.05, 4.69) is 20.8 Å². The first-order valence-electron chi connectivity index (χ1n) is 7.92. The minimum absolute atomic E-state index is 0.108. The molecule has 0 radical (unpaired) electrons. The summed E-state index contributed by atoms with van der Waals surface area (Å²) in [4.78, 5) is 37.4. The van der Waals surface area contributed by atoms with Gasteiger partial charge in [0.2, 0.25) is 5.13 Å². The summed E-state index contributed by atoms with van der Waals surface area (Å²) in [7, 11) is 0. The van der Waals surface area contributed by atoms with Gasteiger partial charge >= 0.3 is 6.03 Å². The molecule has 2 N–H and O–H groups in total. The Labute approximate surface area is 148 Å². The molecule has 0 bridgehead atoms. The number of aromatic nitrogens is 2. The van der Waals surface area contributed by atoms with Gasteiger partial charge in [-0.1, -0.05) is 30.4 Å². The number of hydrogen-bond acceptors (Lipinski definition) is 6. The van der Waals surface area contributed by atoms with Crippen LogP contribution in [0.1, 0.15) is 39.1 Å². The zero-order valence-corrected chi connectivity index (χ0v) is 14.4. The van der Waals surface area contributed by atoms with Gasteiger partial charge in [-0.15, -0.1) is 10.2 Å². The largest absolute Gasteiger partial charge is 0.336 e. The first kappa shape index (κ1) is 17.0. The van der Waals surface area contributed by atoms with Gasteiger partial charge in [0, 0.05) is 19.5 Å². The number of nitrogens with zero attached hydrogens (tertiary/aromatic N) is 3. The number of hydrogen-bond donors (Lipinski definition) is 2. The Morgan fingerprint density at radius 3 is 2.48 bits per heavy atom. The predicted octanol–water partition coefficient (Wildman–Crippen LogP) is 1.91. The first-order chi connectivity index (χ1) is 12.1. The minimum Gasteiger partial charge on any atom is -0.336 e. The molecule has 130 valence electrons. The van der Waals surface area contributed by atoms with Crippen LogP contribution < -0.4 is 10.6 Å². The molecule has 4 amide bonds. The number of nitrogens with one attached hydrogen (secondary N) is 2. The Kier molecular flexibility index (Phi) is 5.03. The van der Waals surface area contributed by atoms with Gasteiger partial charge in [0.15, 0.2) is 0 Å². The van der Waals surface area contributed by atoms with Crippen molar-refractivity contribution in [3.63, 3.8) is 0 Å². The van der Waals surface area contributed by atoms with Gasteiger partial charge in [0.1, 0.15) is 5.01 Å². The highest BCUT2D eigenvalue weighted by molar-refractivity contribution is 7.15. The first-order valence-corrected chi connectivity index (χ1v) is 8.74. The topological polar surface area (TPSA) is 104 Å². The molecule has 0 spiro atoms. The Bertz CT molecular complexity index is 785. The third kappa shape index (κ3) is 3.66. The van der Waals surface area contributed by atoms with E-state index in [1.807, 2.05) is 6.92 Å². The van der Waals surface area contributed by atoms with Crippen LogP contribution in [0.15, 0.2) is 24.3 Å². The van der Waals surface area contributed by atoms with Crippen molar-refractivity contribution in [1.82, 2.24) is 20.4 Å². The van der Waals surface area contributed by atoms with E-state index in [1.165, 1.54) is 11.3 Å². The second-order valence-corrected chi connectivity index (χ2v) is 6.50. The number of anilines is 1. The van der Waals surface area contributed by atoms with Gasteiger partial charge in [-0.3, -0.25) is 19.8 Å². The van der Waals surface area contributed by atoms with Gasteiger partial charge in [-0.2, -0.15) is 0 Å². The van der Waals surface area contributed by atoms with Crippen LogP contribution in [-0.2, 0) is 6.42 Å². The third-order valence-electron chi connectivity index (χ3n) is 3.65. The molecular formula is C16H17N5O3S. The normalized spacial score (nSPS) is 13.1. The molecule has 25 heavy (non-hydrogen) atoms. The maximum absolute atomic E-state index is 12.2. The van der Waals surface area contributed by atoms with E-state index in [1.54, 1.807) is 24.3 Å². The van der Waals surface area contributed by atoms with E-state index >= 15 is 0 Å². The van der Waals surface area contributed by atoms with Gasteiger partial charge in [0.05, 0.1) is 11.1 Å². The summed E-state index contributed by atoms with van der Waals surface area (Å²) < 4.78 is 0. The fraction of sp³-hybridized carbons (Fsp3) is 0.312. The average molecular weight is 359 g/mol. The molecule has 3 rings (SSSR count). The Hall–Kier alpha value is -2.81. The van der Waals surface area contributed by atoms with Crippen molar-refractivity contribution in [1.29, 1.82) is 0 Å². The lowest BCUT2D eigenvalue weighted by Gasteiger charge is -2.14. The minimum atomic E-state index is -0.448. The Balaban J connectivity index is 1.49. The molecule has 1 aromatic carbocycles. The lowest BCUT2D eigenvalue weighted by molar-refractivity contribution is 0.0656. The third-order valence-corrected chi connectivity index (χ3v) is 4.55. The number of aryl methyl sites for hydroxylation is 1. The van der Waals surface area contributed by atoms with Crippen LogP contribution in [0.3, 0.4) is 0 Å². The van der Waals surface area contributed by atoms with Crippen LogP contribution in [0, 0.1) is 0 Å². The fourth-order valence-corrected chi connectivity index (χ4v) is 3.32. The number of rotatable bonds is 6. The number of carbonyl (C=O) groups is 3. The van der Waals surface area contributed by atoms with Crippen molar-refractivity contribution in [2.24, 2.45) is 0 Å². The lowest BCUT2D eigenvalue weighted by atomic mass is 10.1. The van der Waals surface area contributed by atoms with E-state index < -0.39 is 6.03 Å².